The van der Waals surface area contributed by atoms with Crippen LogP contribution in [-0.2, 0) is 9.59 Å². The molecule has 0 spiro atoms. The van der Waals surface area contributed by atoms with E-state index < -0.39 is 25.1 Å². The van der Waals surface area contributed by atoms with Crippen molar-refractivity contribution in [3.05, 3.63) is 0 Å². The second-order valence-electron chi connectivity index (χ2n) is 10.6. The van der Waals surface area contributed by atoms with Gasteiger partial charge in [0.25, 0.3) is 0 Å². The van der Waals surface area contributed by atoms with E-state index in [4.69, 9.17) is 0 Å². The zero-order valence-electron chi connectivity index (χ0n) is 23.0. The van der Waals surface area contributed by atoms with Gasteiger partial charge in [-0.25, -0.2) is 0 Å². The molecule has 0 amide bonds. The molecule has 0 saturated heterocycles. The number of rotatable bonds is 26. The molecule has 1 N–H and O–H groups in total. The molecule has 0 aromatic rings. The van der Waals surface area contributed by atoms with Crippen molar-refractivity contribution in [1.29, 1.82) is 0 Å². The van der Waals surface area contributed by atoms with Gasteiger partial charge in [-0.3, -0.25) is 4.79 Å². The Labute approximate surface area is 212 Å². The van der Waals surface area contributed by atoms with E-state index in [1.54, 1.807) is 0 Å². The minimum absolute atomic E-state index is 0.284. The lowest BCUT2D eigenvalue weighted by atomic mass is 10.1. The summed E-state index contributed by atoms with van der Waals surface area (Å²) in [7, 11) is -1.51. The number of hydrogen-bond acceptors (Lipinski definition) is 3. The number of carbonyl (C=O) groups is 2. The molecule has 0 radical (unpaired) electrons. The normalized spacial score (nSPS) is 12.7. The Morgan fingerprint density at radius 1 is 0.618 bits per heavy atom. The summed E-state index contributed by atoms with van der Waals surface area (Å²) in [5.74, 6) is -2.99. The molecule has 0 aliphatic rings. The lowest BCUT2D eigenvalue weighted by Crippen LogP contribution is -2.36. The smallest absolute Gasteiger partial charge is 0.304 e. The molecule has 1 unspecified atom stereocenters. The van der Waals surface area contributed by atoms with Gasteiger partial charge in [-0.15, -0.1) is 0 Å². The predicted octanol–water partition coefficient (Wildman–Crippen LogP) is 7.93. The van der Waals surface area contributed by atoms with Gasteiger partial charge < -0.3 is 15.0 Å². The third kappa shape index (κ3) is 18.7. The van der Waals surface area contributed by atoms with E-state index in [2.05, 4.69) is 20.8 Å². The highest BCUT2D eigenvalue weighted by molar-refractivity contribution is 7.75. The molecule has 34 heavy (non-hydrogen) atoms. The van der Waals surface area contributed by atoms with Gasteiger partial charge in [-0.1, -0.05) is 97.8 Å². The molecule has 0 heterocycles. The van der Waals surface area contributed by atoms with E-state index in [0.29, 0.717) is 6.16 Å². The molecule has 0 aromatic heterocycles. The van der Waals surface area contributed by atoms with Crippen LogP contribution in [0.4, 0.5) is 0 Å². The molecule has 0 saturated carbocycles. The third-order valence-electron chi connectivity index (χ3n) is 7.32. The Morgan fingerprint density at radius 2 is 0.941 bits per heavy atom. The van der Waals surface area contributed by atoms with E-state index in [0.717, 1.165) is 18.5 Å². The minimum atomic E-state index is -1.51. The number of carboxylic acid groups (broad SMARTS) is 2. The van der Waals surface area contributed by atoms with Gasteiger partial charge in [0, 0.05) is 19.1 Å². The maximum Gasteiger partial charge on any atom is 0.304 e. The van der Waals surface area contributed by atoms with Gasteiger partial charge in [-0.05, 0) is 38.5 Å². The Balaban J connectivity index is 5.26. The van der Waals surface area contributed by atoms with E-state index in [-0.39, 0.29) is 6.42 Å². The maximum absolute atomic E-state index is 11.9. The third-order valence-corrected chi connectivity index (χ3v) is 12.3. The van der Waals surface area contributed by atoms with Crippen molar-refractivity contribution in [2.24, 2.45) is 5.92 Å². The SMILES string of the molecule is CCCCCCCC[P+](CCCCCCCC)(CCCCCCCC)CC(CC(=O)O)C(=O)[O-]. The van der Waals surface area contributed by atoms with Gasteiger partial charge in [0.2, 0.25) is 0 Å². The van der Waals surface area contributed by atoms with Crippen LogP contribution in [0.25, 0.3) is 0 Å². The van der Waals surface area contributed by atoms with Crippen molar-refractivity contribution in [2.45, 2.75) is 143 Å². The quantitative estimate of drug-likeness (QED) is 0.0966. The van der Waals surface area contributed by atoms with Crippen LogP contribution in [0.5, 0.6) is 0 Å². The first-order valence-electron chi connectivity index (χ1n) is 14.7. The topological polar surface area (TPSA) is 77.4 Å². The predicted molar refractivity (Wildman–Crippen MR) is 147 cm³/mol. The lowest BCUT2D eigenvalue weighted by molar-refractivity contribution is -0.311. The van der Waals surface area contributed by atoms with Crippen molar-refractivity contribution in [3.63, 3.8) is 0 Å². The van der Waals surface area contributed by atoms with Crippen molar-refractivity contribution < 1.29 is 19.8 Å². The van der Waals surface area contributed by atoms with Crippen molar-refractivity contribution >= 4 is 19.2 Å². The Morgan fingerprint density at radius 3 is 1.24 bits per heavy atom. The molecule has 0 rings (SSSR count). The van der Waals surface area contributed by atoms with Gasteiger partial charge in [0.1, 0.15) is 0 Å². The zero-order valence-corrected chi connectivity index (χ0v) is 23.9. The zero-order chi connectivity index (χ0) is 25.5. The summed E-state index contributed by atoms with van der Waals surface area (Å²) in [6.45, 7) is 6.71. The first-order chi connectivity index (χ1) is 16.4. The molecular weight excluding hydrogens is 443 g/mol. The highest BCUT2D eigenvalue weighted by Crippen LogP contribution is 2.62. The highest BCUT2D eigenvalue weighted by Gasteiger charge is 2.39. The summed E-state index contributed by atoms with van der Waals surface area (Å²) in [6, 6.07) is 0. The van der Waals surface area contributed by atoms with Crippen LogP contribution in [0.2, 0.25) is 0 Å². The molecule has 0 aliphatic carbocycles. The first kappa shape index (κ1) is 33.4. The number of carbonyl (C=O) groups excluding carboxylic acids is 1. The van der Waals surface area contributed by atoms with Crippen LogP contribution in [-0.4, -0.2) is 41.7 Å². The minimum Gasteiger partial charge on any atom is -0.550 e. The molecule has 1 atom stereocenters. The maximum atomic E-state index is 11.9. The fourth-order valence-corrected chi connectivity index (χ4v) is 10.3. The summed E-state index contributed by atoms with van der Waals surface area (Å²) in [5, 5.41) is 21.2. The summed E-state index contributed by atoms with van der Waals surface area (Å²) in [5.41, 5.74) is 0. The van der Waals surface area contributed by atoms with Crippen LogP contribution in [0.15, 0.2) is 0 Å². The second kappa shape index (κ2) is 22.8. The fourth-order valence-electron chi connectivity index (χ4n) is 5.19. The average molecular weight is 501 g/mol. The van der Waals surface area contributed by atoms with E-state index >= 15 is 0 Å². The molecule has 0 fully saturated rings. The van der Waals surface area contributed by atoms with Gasteiger partial charge in [0.05, 0.1) is 31.1 Å². The van der Waals surface area contributed by atoms with Crippen molar-refractivity contribution in [3.8, 4) is 0 Å². The number of aliphatic carboxylic acids is 2. The molecule has 202 valence electrons. The van der Waals surface area contributed by atoms with Crippen LogP contribution in [0.3, 0.4) is 0 Å². The summed E-state index contributed by atoms with van der Waals surface area (Å²) < 4.78 is 0. The Kier molecular flexibility index (Phi) is 22.4. The van der Waals surface area contributed by atoms with Crippen LogP contribution < -0.4 is 5.11 Å². The highest BCUT2D eigenvalue weighted by atomic mass is 31.2. The Hall–Kier alpha value is -0.630. The van der Waals surface area contributed by atoms with Crippen LogP contribution in [0, 0.1) is 5.92 Å². The average Bonchev–Trinajstić information content (AvgIpc) is 2.80. The largest absolute Gasteiger partial charge is 0.550 e. The standard InChI is InChI=1S/C29H57O4P/c1-4-7-10-13-16-19-22-34(23-20-17-14-11-8-5-2,24-21-18-15-12-9-6-3)26-27(29(32)33)25-28(30)31/h27H,4-26H2,1-3H3,(H-,30,31,32,33). The molecule has 0 aliphatic heterocycles. The molecule has 0 aromatic carbocycles. The number of carboxylic acids is 2. The van der Waals surface area contributed by atoms with E-state index in [1.807, 2.05) is 0 Å². The molecule has 0 bridgehead atoms. The van der Waals surface area contributed by atoms with Crippen LogP contribution >= 0.6 is 7.26 Å². The van der Waals surface area contributed by atoms with E-state index in [9.17, 15) is 19.8 Å². The van der Waals surface area contributed by atoms with E-state index in [1.165, 1.54) is 116 Å². The molecule has 4 nitrogen and oxygen atoms in total. The Bertz CT molecular complexity index is 454. The van der Waals surface area contributed by atoms with Gasteiger partial charge in [0.15, 0.2) is 0 Å². The lowest BCUT2D eigenvalue weighted by Gasteiger charge is -2.32. The molecule has 5 heteroatoms. The van der Waals surface area contributed by atoms with Crippen molar-refractivity contribution in [2.75, 3.05) is 24.6 Å². The van der Waals surface area contributed by atoms with Crippen molar-refractivity contribution in [1.82, 2.24) is 0 Å². The fraction of sp³-hybridized carbons (Fsp3) is 0.931. The van der Waals surface area contributed by atoms with Gasteiger partial charge in [-0.2, -0.15) is 0 Å². The van der Waals surface area contributed by atoms with Crippen LogP contribution in [0.1, 0.15) is 143 Å². The second-order valence-corrected chi connectivity index (χ2v) is 15.0. The monoisotopic (exact) mass is 500 g/mol. The summed E-state index contributed by atoms with van der Waals surface area (Å²) in [6.07, 6.45) is 26.2. The number of hydrogen-bond donors (Lipinski definition) is 1. The molecular formula is C29H57O4P. The summed E-state index contributed by atoms with van der Waals surface area (Å²) >= 11 is 0. The van der Waals surface area contributed by atoms with Gasteiger partial charge >= 0.3 is 5.97 Å². The first-order valence-corrected chi connectivity index (χ1v) is 17.2. The summed E-state index contributed by atoms with van der Waals surface area (Å²) in [4.78, 5) is 23.3. The number of unbranched alkanes of at least 4 members (excludes halogenated alkanes) is 15.